The minimum atomic E-state index is -0.100. The van der Waals surface area contributed by atoms with E-state index in [2.05, 4.69) is 10.4 Å². The van der Waals surface area contributed by atoms with Crippen molar-refractivity contribution in [1.29, 1.82) is 0 Å². The minimum absolute atomic E-state index is 0.00818. The number of nitrogens with zero attached hydrogens (tertiary/aromatic N) is 1. The summed E-state index contributed by atoms with van der Waals surface area (Å²) in [6.07, 6.45) is 2.05. The van der Waals surface area contributed by atoms with Gasteiger partial charge < -0.3 is 22.6 Å². The Morgan fingerprint density at radius 1 is 1.40 bits per heavy atom. The third kappa shape index (κ3) is 8.91. The number of thioether (sulfide) groups is 1. The summed E-state index contributed by atoms with van der Waals surface area (Å²) in [6.45, 7) is -0.00818. The van der Waals surface area contributed by atoms with Crippen LogP contribution in [0.15, 0.2) is 16.9 Å². The lowest BCUT2D eigenvalue weighted by Crippen LogP contribution is -2.23. The fraction of sp³-hybridized carbons (Fsp3) is 0.429. The van der Waals surface area contributed by atoms with E-state index >= 15 is 0 Å². The Bertz CT molecular complexity index is 260. The van der Waals surface area contributed by atoms with Gasteiger partial charge in [0.1, 0.15) is 6.54 Å². The van der Waals surface area contributed by atoms with Crippen LogP contribution in [-0.2, 0) is 4.79 Å². The summed E-state index contributed by atoms with van der Waals surface area (Å²) >= 11 is 1.13. The van der Waals surface area contributed by atoms with Gasteiger partial charge in [0.15, 0.2) is 5.96 Å². The van der Waals surface area contributed by atoms with E-state index in [4.69, 9.17) is 23.0 Å². The largest absolute Gasteiger partial charge is 0.401 e. The molecule has 0 fully saturated rings. The van der Waals surface area contributed by atoms with Crippen molar-refractivity contribution in [2.24, 2.45) is 28.0 Å². The predicted octanol–water partition coefficient (Wildman–Crippen LogP) is -1.83. The molecule has 0 radical (unpaired) electrons. The number of rotatable bonds is 6. The number of hydrogen-bond donors (Lipinski definition) is 5. The molecule has 0 heterocycles. The van der Waals surface area contributed by atoms with Crippen LogP contribution in [0.2, 0.25) is 0 Å². The summed E-state index contributed by atoms with van der Waals surface area (Å²) in [5.41, 5.74) is 18.6. The van der Waals surface area contributed by atoms with Crippen molar-refractivity contribution < 1.29 is 4.79 Å². The first-order valence-corrected chi connectivity index (χ1v) is 5.16. The average molecular weight is 232 g/mol. The molecule has 15 heavy (non-hydrogen) atoms. The monoisotopic (exact) mass is 232 g/mol. The number of hydrazine groups is 1. The lowest BCUT2D eigenvalue weighted by molar-refractivity contribution is -0.109. The van der Waals surface area contributed by atoms with Crippen LogP contribution in [0.1, 0.15) is 6.42 Å². The molecular formula is C7H16N6OS. The van der Waals surface area contributed by atoms with Crippen molar-refractivity contribution in [3.05, 3.63) is 11.9 Å². The second-order valence-electron chi connectivity index (χ2n) is 2.60. The molecule has 86 valence electrons. The van der Waals surface area contributed by atoms with E-state index in [1.165, 1.54) is 6.20 Å². The number of nitrogens with one attached hydrogen (secondary N) is 1. The van der Waals surface area contributed by atoms with Crippen LogP contribution in [0.25, 0.3) is 0 Å². The maximum Gasteiger partial charge on any atom is 0.210 e. The van der Waals surface area contributed by atoms with E-state index in [0.717, 1.165) is 11.8 Å². The van der Waals surface area contributed by atoms with E-state index < -0.39 is 0 Å². The van der Waals surface area contributed by atoms with Gasteiger partial charge in [-0.25, -0.2) is 4.99 Å². The molecule has 0 aliphatic heterocycles. The summed E-state index contributed by atoms with van der Waals surface area (Å²) in [5.74, 6) is 5.50. The molecule has 0 saturated heterocycles. The smallest absolute Gasteiger partial charge is 0.210 e. The van der Waals surface area contributed by atoms with Gasteiger partial charge in [-0.1, -0.05) is 11.8 Å². The number of allylic oxidation sites excluding steroid dienone is 1. The molecule has 0 saturated carbocycles. The fourth-order valence-corrected chi connectivity index (χ4v) is 1.38. The molecule has 0 aromatic rings. The quantitative estimate of drug-likeness (QED) is 0.157. The Kier molecular flexibility index (Phi) is 7.20. The SMILES string of the molecule is NN/C=C(\N)CCSC(=O)CN=C(N)N. The third-order valence-electron chi connectivity index (χ3n) is 1.31. The molecule has 0 spiro atoms. The normalized spacial score (nSPS) is 10.9. The molecule has 0 amide bonds. The highest BCUT2D eigenvalue weighted by atomic mass is 32.2. The van der Waals surface area contributed by atoms with Crippen molar-refractivity contribution in [3.8, 4) is 0 Å². The first kappa shape index (κ1) is 13.6. The van der Waals surface area contributed by atoms with Crippen LogP contribution in [0.5, 0.6) is 0 Å². The minimum Gasteiger partial charge on any atom is -0.401 e. The van der Waals surface area contributed by atoms with Gasteiger partial charge >= 0.3 is 0 Å². The van der Waals surface area contributed by atoms with Gasteiger partial charge in [0.2, 0.25) is 5.12 Å². The topological polar surface area (TPSA) is 146 Å². The Labute approximate surface area is 92.3 Å². The molecule has 0 aliphatic rings. The summed E-state index contributed by atoms with van der Waals surface area (Å²) in [4.78, 5) is 14.7. The van der Waals surface area contributed by atoms with Crippen LogP contribution < -0.4 is 28.5 Å². The molecule has 0 bridgehead atoms. The predicted molar refractivity (Wildman–Crippen MR) is 62.4 cm³/mol. The van der Waals surface area contributed by atoms with Gasteiger partial charge in [-0.2, -0.15) is 0 Å². The number of nitrogens with two attached hydrogens (primary N) is 4. The Morgan fingerprint density at radius 2 is 2.07 bits per heavy atom. The second kappa shape index (κ2) is 7.94. The Morgan fingerprint density at radius 3 is 2.60 bits per heavy atom. The van der Waals surface area contributed by atoms with Crippen LogP contribution in [0.4, 0.5) is 0 Å². The molecule has 0 unspecified atom stereocenters. The lowest BCUT2D eigenvalue weighted by atomic mass is 10.4. The maximum absolute atomic E-state index is 11.1. The summed E-state index contributed by atoms with van der Waals surface area (Å²) in [6, 6.07) is 0. The zero-order chi connectivity index (χ0) is 11.7. The van der Waals surface area contributed by atoms with Gasteiger partial charge in [0.25, 0.3) is 0 Å². The molecule has 0 aromatic heterocycles. The van der Waals surface area contributed by atoms with Gasteiger partial charge in [0.05, 0.1) is 0 Å². The lowest BCUT2D eigenvalue weighted by Gasteiger charge is -2.00. The molecular weight excluding hydrogens is 216 g/mol. The number of carbonyl (C=O) groups excluding carboxylic acids is 1. The standard InChI is InChI=1S/C7H16N6OS/c8-5(3-13-11)1-2-15-6(14)4-12-7(9)10/h3,13H,1-2,4,8,11H2,(H4,9,10,12)/b5-3-. The van der Waals surface area contributed by atoms with Gasteiger partial charge in [-0.15, -0.1) is 0 Å². The highest BCUT2D eigenvalue weighted by Gasteiger charge is 2.01. The highest BCUT2D eigenvalue weighted by Crippen LogP contribution is 2.06. The third-order valence-corrected chi connectivity index (χ3v) is 2.17. The van der Waals surface area contributed by atoms with E-state index in [1.54, 1.807) is 0 Å². The van der Waals surface area contributed by atoms with E-state index in [0.29, 0.717) is 17.9 Å². The molecule has 0 atom stereocenters. The Hall–Kier alpha value is -1.41. The van der Waals surface area contributed by atoms with Crippen LogP contribution >= 0.6 is 11.8 Å². The van der Waals surface area contributed by atoms with Gasteiger partial charge in [-0.05, 0) is 6.42 Å². The molecule has 9 N–H and O–H groups in total. The van der Waals surface area contributed by atoms with E-state index in [9.17, 15) is 4.79 Å². The maximum atomic E-state index is 11.1. The van der Waals surface area contributed by atoms with Crippen LogP contribution in [0, 0.1) is 0 Å². The second-order valence-corrected chi connectivity index (χ2v) is 3.75. The first-order chi connectivity index (χ1) is 7.06. The summed E-state index contributed by atoms with van der Waals surface area (Å²) in [7, 11) is 0. The van der Waals surface area contributed by atoms with Crippen molar-refractivity contribution >= 4 is 22.8 Å². The molecule has 0 aliphatic carbocycles. The highest BCUT2D eigenvalue weighted by molar-refractivity contribution is 8.13. The van der Waals surface area contributed by atoms with Crippen molar-refractivity contribution in [2.75, 3.05) is 12.3 Å². The number of hydrogen-bond acceptors (Lipinski definition) is 6. The molecule has 8 heteroatoms. The molecule has 0 aromatic carbocycles. The number of aliphatic imine (C=N–C) groups is 1. The van der Waals surface area contributed by atoms with E-state index in [-0.39, 0.29) is 17.6 Å². The summed E-state index contributed by atoms with van der Waals surface area (Å²) in [5, 5.41) is -0.100. The Balaban J connectivity index is 3.64. The van der Waals surface area contributed by atoms with E-state index in [1.807, 2.05) is 0 Å². The van der Waals surface area contributed by atoms with Gasteiger partial charge in [-0.3, -0.25) is 10.6 Å². The first-order valence-electron chi connectivity index (χ1n) is 4.18. The van der Waals surface area contributed by atoms with Crippen LogP contribution in [-0.4, -0.2) is 23.4 Å². The molecule has 7 nitrogen and oxygen atoms in total. The average Bonchev–Trinajstić information content (AvgIpc) is 2.15. The number of guanidine groups is 1. The van der Waals surface area contributed by atoms with Gasteiger partial charge in [0, 0.05) is 17.6 Å². The fourth-order valence-electron chi connectivity index (χ4n) is 0.663. The van der Waals surface area contributed by atoms with Crippen molar-refractivity contribution in [2.45, 2.75) is 6.42 Å². The zero-order valence-electron chi connectivity index (χ0n) is 8.27. The van der Waals surface area contributed by atoms with Crippen molar-refractivity contribution in [1.82, 2.24) is 5.43 Å². The van der Waals surface area contributed by atoms with Crippen LogP contribution in [0.3, 0.4) is 0 Å². The van der Waals surface area contributed by atoms with Crippen molar-refractivity contribution in [3.63, 3.8) is 0 Å². The summed E-state index contributed by atoms with van der Waals surface area (Å²) < 4.78 is 0. The zero-order valence-corrected chi connectivity index (χ0v) is 9.09. The number of carbonyl (C=O) groups is 1. The molecule has 0 rings (SSSR count).